The van der Waals surface area contributed by atoms with Crippen LogP contribution >= 0.6 is 0 Å². The molecular formula is C14H24N2O. The van der Waals surface area contributed by atoms with Crippen molar-refractivity contribution in [1.82, 2.24) is 9.80 Å². The number of fused-ring (bicyclic) bond motifs is 2. The number of allylic oxidation sites excluding steroid dienone is 2. The van der Waals surface area contributed by atoms with Crippen LogP contribution in [-0.4, -0.2) is 60.8 Å². The Balaban J connectivity index is 1.44. The molecule has 0 aromatic carbocycles. The molecule has 2 aliphatic carbocycles. The summed E-state index contributed by atoms with van der Waals surface area (Å²) in [6.45, 7) is 7.12. The van der Waals surface area contributed by atoms with Crippen LogP contribution in [0.15, 0.2) is 12.2 Å². The molecule has 96 valence electrons. The first-order chi connectivity index (χ1) is 8.35. The van der Waals surface area contributed by atoms with E-state index in [1.165, 1.54) is 32.5 Å². The van der Waals surface area contributed by atoms with Gasteiger partial charge in [0, 0.05) is 39.3 Å². The third-order valence-corrected chi connectivity index (χ3v) is 4.79. The van der Waals surface area contributed by atoms with Crippen LogP contribution < -0.4 is 0 Å². The molecule has 1 saturated heterocycles. The van der Waals surface area contributed by atoms with Gasteiger partial charge in [-0.1, -0.05) is 12.2 Å². The SMILES string of the molecule is OCCN1CCN(C[C@@H]2C[C@H]3C=C[C@@H]2C3)CC1. The van der Waals surface area contributed by atoms with Crippen LogP contribution in [0.1, 0.15) is 12.8 Å². The zero-order valence-electron chi connectivity index (χ0n) is 10.6. The van der Waals surface area contributed by atoms with Crippen molar-refractivity contribution in [2.24, 2.45) is 17.8 Å². The maximum atomic E-state index is 8.92. The summed E-state index contributed by atoms with van der Waals surface area (Å²) in [6.07, 6.45) is 7.74. The molecule has 0 spiro atoms. The van der Waals surface area contributed by atoms with Gasteiger partial charge in [-0.3, -0.25) is 4.90 Å². The van der Waals surface area contributed by atoms with Crippen molar-refractivity contribution >= 4 is 0 Å². The van der Waals surface area contributed by atoms with Crippen LogP contribution in [-0.2, 0) is 0 Å². The van der Waals surface area contributed by atoms with Gasteiger partial charge in [0.2, 0.25) is 0 Å². The minimum atomic E-state index is 0.303. The first kappa shape index (κ1) is 11.7. The highest BCUT2D eigenvalue weighted by Crippen LogP contribution is 2.43. The van der Waals surface area contributed by atoms with Gasteiger partial charge in [-0.2, -0.15) is 0 Å². The second-order valence-corrected chi connectivity index (χ2v) is 5.91. The summed E-state index contributed by atoms with van der Waals surface area (Å²) in [5.74, 6) is 2.71. The lowest BCUT2D eigenvalue weighted by Crippen LogP contribution is -2.48. The highest BCUT2D eigenvalue weighted by Gasteiger charge is 2.36. The predicted octanol–water partition coefficient (Wildman–Crippen LogP) is 0.808. The monoisotopic (exact) mass is 236 g/mol. The zero-order chi connectivity index (χ0) is 11.7. The Labute approximate surface area is 104 Å². The van der Waals surface area contributed by atoms with Crippen LogP contribution in [0.2, 0.25) is 0 Å². The summed E-state index contributed by atoms with van der Waals surface area (Å²) < 4.78 is 0. The fourth-order valence-electron chi connectivity index (χ4n) is 3.77. The highest BCUT2D eigenvalue weighted by atomic mass is 16.3. The van der Waals surface area contributed by atoms with E-state index in [2.05, 4.69) is 22.0 Å². The molecule has 1 saturated carbocycles. The van der Waals surface area contributed by atoms with Crippen molar-refractivity contribution < 1.29 is 5.11 Å². The summed E-state index contributed by atoms with van der Waals surface area (Å²) in [6, 6.07) is 0. The molecule has 2 bridgehead atoms. The third-order valence-electron chi connectivity index (χ3n) is 4.79. The lowest BCUT2D eigenvalue weighted by molar-refractivity contribution is 0.0980. The van der Waals surface area contributed by atoms with Crippen molar-refractivity contribution in [3.63, 3.8) is 0 Å². The van der Waals surface area contributed by atoms with E-state index >= 15 is 0 Å². The van der Waals surface area contributed by atoms with Crippen LogP contribution in [0.4, 0.5) is 0 Å². The minimum absolute atomic E-state index is 0.303. The number of piperazine rings is 1. The van der Waals surface area contributed by atoms with Crippen molar-refractivity contribution in [1.29, 1.82) is 0 Å². The van der Waals surface area contributed by atoms with E-state index < -0.39 is 0 Å². The Kier molecular flexibility index (Phi) is 3.50. The molecule has 0 aromatic heterocycles. The minimum Gasteiger partial charge on any atom is -0.395 e. The molecule has 3 heteroatoms. The van der Waals surface area contributed by atoms with E-state index in [1.807, 2.05) is 0 Å². The normalized spacial score (nSPS) is 38.1. The smallest absolute Gasteiger partial charge is 0.0558 e. The molecule has 3 nitrogen and oxygen atoms in total. The van der Waals surface area contributed by atoms with Crippen molar-refractivity contribution in [2.45, 2.75) is 12.8 Å². The molecule has 2 fully saturated rings. The number of hydrogen-bond acceptors (Lipinski definition) is 3. The molecule has 0 amide bonds. The molecule has 0 aromatic rings. The standard InChI is InChI=1S/C14H24N2O/c17-8-7-15-3-5-16(6-4-15)11-14-10-12-1-2-13(14)9-12/h1-2,12-14,17H,3-11H2/t12-,13+,14-/m0/s1. The molecule has 3 aliphatic rings. The van der Waals surface area contributed by atoms with E-state index in [1.54, 1.807) is 0 Å². The van der Waals surface area contributed by atoms with Gasteiger partial charge in [-0.05, 0) is 30.6 Å². The van der Waals surface area contributed by atoms with Crippen molar-refractivity contribution in [3.8, 4) is 0 Å². The Hall–Kier alpha value is -0.380. The Morgan fingerprint density at radius 2 is 1.76 bits per heavy atom. The maximum absolute atomic E-state index is 8.92. The summed E-state index contributed by atoms with van der Waals surface area (Å²) in [7, 11) is 0. The summed E-state index contributed by atoms with van der Waals surface area (Å²) in [5, 5.41) is 8.92. The molecule has 3 rings (SSSR count). The number of nitrogens with zero attached hydrogens (tertiary/aromatic N) is 2. The van der Waals surface area contributed by atoms with E-state index in [-0.39, 0.29) is 0 Å². The van der Waals surface area contributed by atoms with E-state index in [9.17, 15) is 0 Å². The van der Waals surface area contributed by atoms with Gasteiger partial charge in [-0.25, -0.2) is 0 Å². The topological polar surface area (TPSA) is 26.7 Å². The van der Waals surface area contributed by atoms with Crippen molar-refractivity contribution in [3.05, 3.63) is 12.2 Å². The van der Waals surface area contributed by atoms with Gasteiger partial charge >= 0.3 is 0 Å². The average Bonchev–Trinajstić information content (AvgIpc) is 2.94. The fraction of sp³-hybridized carbons (Fsp3) is 0.857. The molecule has 0 unspecified atom stereocenters. The number of hydrogen-bond donors (Lipinski definition) is 1. The molecular weight excluding hydrogens is 212 g/mol. The average molecular weight is 236 g/mol. The number of aliphatic hydroxyl groups excluding tert-OH is 1. The van der Waals surface area contributed by atoms with Crippen molar-refractivity contribution in [2.75, 3.05) is 45.9 Å². The third kappa shape index (κ3) is 2.56. The van der Waals surface area contributed by atoms with Crippen LogP contribution in [0, 0.1) is 17.8 Å². The number of β-amino-alcohol motifs (C(OH)–C–C–N with tert-alkyl or cyclic N) is 1. The Morgan fingerprint density at radius 1 is 1.00 bits per heavy atom. The molecule has 1 N–H and O–H groups in total. The van der Waals surface area contributed by atoms with Crippen LogP contribution in [0.3, 0.4) is 0 Å². The Bertz CT molecular complexity index is 284. The lowest BCUT2D eigenvalue weighted by Gasteiger charge is -2.36. The largest absolute Gasteiger partial charge is 0.395 e. The van der Waals surface area contributed by atoms with E-state index in [4.69, 9.17) is 5.11 Å². The van der Waals surface area contributed by atoms with Crippen LogP contribution in [0.5, 0.6) is 0 Å². The second kappa shape index (κ2) is 5.09. The predicted molar refractivity (Wildman–Crippen MR) is 68.8 cm³/mol. The number of aliphatic hydroxyl groups is 1. The second-order valence-electron chi connectivity index (χ2n) is 5.91. The van der Waals surface area contributed by atoms with E-state index in [0.29, 0.717) is 6.61 Å². The summed E-state index contributed by atoms with van der Waals surface area (Å²) in [5.41, 5.74) is 0. The zero-order valence-corrected chi connectivity index (χ0v) is 10.6. The van der Waals surface area contributed by atoms with Gasteiger partial charge in [0.1, 0.15) is 0 Å². The van der Waals surface area contributed by atoms with Gasteiger partial charge in [0.15, 0.2) is 0 Å². The first-order valence-corrected chi connectivity index (χ1v) is 7.09. The molecule has 3 atom stereocenters. The van der Waals surface area contributed by atoms with Crippen LogP contribution in [0.25, 0.3) is 0 Å². The fourth-order valence-corrected chi connectivity index (χ4v) is 3.77. The Morgan fingerprint density at radius 3 is 2.35 bits per heavy atom. The van der Waals surface area contributed by atoms with Gasteiger partial charge < -0.3 is 10.0 Å². The number of rotatable bonds is 4. The molecule has 17 heavy (non-hydrogen) atoms. The summed E-state index contributed by atoms with van der Waals surface area (Å²) >= 11 is 0. The maximum Gasteiger partial charge on any atom is 0.0558 e. The molecule has 0 radical (unpaired) electrons. The quantitative estimate of drug-likeness (QED) is 0.732. The molecule has 1 aliphatic heterocycles. The molecule has 1 heterocycles. The lowest BCUT2D eigenvalue weighted by atomic mass is 9.93. The first-order valence-electron chi connectivity index (χ1n) is 7.09. The summed E-state index contributed by atoms with van der Waals surface area (Å²) in [4.78, 5) is 5.00. The highest BCUT2D eigenvalue weighted by molar-refractivity contribution is 5.10. The van der Waals surface area contributed by atoms with Gasteiger partial charge in [-0.15, -0.1) is 0 Å². The van der Waals surface area contributed by atoms with E-state index in [0.717, 1.165) is 37.4 Å². The van der Waals surface area contributed by atoms with Gasteiger partial charge in [0.05, 0.1) is 6.61 Å². The van der Waals surface area contributed by atoms with Gasteiger partial charge in [0.25, 0.3) is 0 Å².